The van der Waals surface area contributed by atoms with Crippen LogP contribution in [-0.2, 0) is 16.6 Å². The van der Waals surface area contributed by atoms with E-state index in [-0.39, 0.29) is 17.8 Å². The first-order valence-electron chi connectivity index (χ1n) is 6.99. The molecular weight excluding hydrogens is 258 g/mol. The van der Waals surface area contributed by atoms with E-state index in [1.54, 1.807) is 22.7 Å². The Balaban J connectivity index is 2.07. The van der Waals surface area contributed by atoms with Gasteiger partial charge in [-0.25, -0.2) is 0 Å². The first kappa shape index (κ1) is 14.6. The summed E-state index contributed by atoms with van der Waals surface area (Å²) in [6.45, 7) is 5.16. The summed E-state index contributed by atoms with van der Waals surface area (Å²) in [4.78, 5) is 26.0. The molecule has 0 aliphatic carbocycles. The smallest absolute Gasteiger partial charge is 0.310 e. The Morgan fingerprint density at radius 1 is 1.50 bits per heavy atom. The van der Waals surface area contributed by atoms with Gasteiger partial charge in [0.25, 0.3) is 5.91 Å². The quantitative estimate of drug-likeness (QED) is 0.778. The summed E-state index contributed by atoms with van der Waals surface area (Å²) in [5.74, 6) is -0.456. The molecule has 1 saturated heterocycles. The van der Waals surface area contributed by atoms with E-state index < -0.39 is 0 Å². The predicted octanol–water partition coefficient (Wildman–Crippen LogP) is 1.14. The number of carbonyl (C=O) groups excluding carboxylic acids is 2. The van der Waals surface area contributed by atoms with Crippen LogP contribution in [0.5, 0.6) is 0 Å². The molecule has 0 saturated carbocycles. The van der Waals surface area contributed by atoms with Crippen molar-refractivity contribution in [3.05, 3.63) is 17.5 Å². The molecule has 6 nitrogen and oxygen atoms in total. The Hall–Kier alpha value is -1.85. The number of aryl methyl sites for hydroxylation is 1. The minimum absolute atomic E-state index is 0.0513. The largest absolute Gasteiger partial charge is 0.466 e. The van der Waals surface area contributed by atoms with Gasteiger partial charge < -0.3 is 9.64 Å². The summed E-state index contributed by atoms with van der Waals surface area (Å²) in [6.07, 6.45) is 3.20. The predicted molar refractivity (Wildman–Crippen MR) is 73.2 cm³/mol. The number of amides is 1. The molecule has 1 aliphatic rings. The lowest BCUT2D eigenvalue weighted by Crippen LogP contribution is -2.43. The second kappa shape index (κ2) is 6.07. The van der Waals surface area contributed by atoms with Gasteiger partial charge in [0.1, 0.15) is 0 Å². The summed E-state index contributed by atoms with van der Waals surface area (Å²) in [5, 5.41) is 4.09. The molecule has 1 fully saturated rings. The third-order valence-corrected chi connectivity index (χ3v) is 3.79. The van der Waals surface area contributed by atoms with Crippen molar-refractivity contribution in [1.29, 1.82) is 0 Å². The first-order valence-corrected chi connectivity index (χ1v) is 6.99. The zero-order valence-corrected chi connectivity index (χ0v) is 12.3. The van der Waals surface area contributed by atoms with Crippen LogP contribution in [0.25, 0.3) is 0 Å². The highest BCUT2D eigenvalue weighted by molar-refractivity contribution is 5.95. The number of hydrogen-bond donors (Lipinski definition) is 0. The molecule has 2 heterocycles. The maximum absolute atomic E-state index is 12.5. The van der Waals surface area contributed by atoms with Crippen molar-refractivity contribution in [3.8, 4) is 0 Å². The first-order chi connectivity index (χ1) is 9.54. The van der Waals surface area contributed by atoms with Gasteiger partial charge in [0.15, 0.2) is 0 Å². The van der Waals surface area contributed by atoms with Crippen LogP contribution in [0, 0.1) is 12.8 Å². The van der Waals surface area contributed by atoms with Gasteiger partial charge in [0.05, 0.1) is 24.3 Å². The molecule has 110 valence electrons. The molecule has 1 amide bonds. The van der Waals surface area contributed by atoms with Gasteiger partial charge in [0, 0.05) is 25.8 Å². The van der Waals surface area contributed by atoms with Gasteiger partial charge in [-0.1, -0.05) is 0 Å². The molecule has 1 aromatic heterocycles. The molecule has 0 radical (unpaired) electrons. The Morgan fingerprint density at radius 3 is 2.85 bits per heavy atom. The Bertz CT molecular complexity index is 510. The number of carbonyl (C=O) groups is 2. The van der Waals surface area contributed by atoms with E-state index in [1.165, 1.54) is 0 Å². The molecule has 0 N–H and O–H groups in total. The fourth-order valence-corrected chi connectivity index (χ4v) is 2.49. The van der Waals surface area contributed by atoms with Crippen LogP contribution in [0.3, 0.4) is 0 Å². The Labute approximate surface area is 118 Å². The van der Waals surface area contributed by atoms with Gasteiger partial charge in [0.2, 0.25) is 0 Å². The SMILES string of the molecule is CCOC(=O)C1CCCN(C(=O)c2cnn(C)c2C)C1. The minimum atomic E-state index is -0.204. The lowest BCUT2D eigenvalue weighted by atomic mass is 9.97. The average molecular weight is 279 g/mol. The molecule has 6 heteroatoms. The number of hydrogen-bond acceptors (Lipinski definition) is 4. The Morgan fingerprint density at radius 2 is 2.25 bits per heavy atom. The lowest BCUT2D eigenvalue weighted by molar-refractivity contribution is -0.149. The molecule has 20 heavy (non-hydrogen) atoms. The van der Waals surface area contributed by atoms with Gasteiger partial charge in [-0.2, -0.15) is 5.10 Å². The maximum atomic E-state index is 12.5. The number of aromatic nitrogens is 2. The van der Waals surface area contributed by atoms with Crippen molar-refractivity contribution in [2.24, 2.45) is 13.0 Å². The molecule has 1 unspecified atom stereocenters. The molecule has 2 rings (SSSR count). The fourth-order valence-electron chi connectivity index (χ4n) is 2.49. The molecule has 1 aromatic rings. The third-order valence-electron chi connectivity index (χ3n) is 3.79. The van der Waals surface area contributed by atoms with Crippen molar-refractivity contribution < 1.29 is 14.3 Å². The molecule has 0 spiro atoms. The number of piperidine rings is 1. The zero-order chi connectivity index (χ0) is 14.7. The van der Waals surface area contributed by atoms with Crippen LogP contribution in [0.1, 0.15) is 35.8 Å². The Kier molecular flexibility index (Phi) is 4.42. The van der Waals surface area contributed by atoms with Crippen LogP contribution in [0.4, 0.5) is 0 Å². The summed E-state index contributed by atoms with van der Waals surface area (Å²) in [6, 6.07) is 0. The highest BCUT2D eigenvalue weighted by atomic mass is 16.5. The van der Waals surface area contributed by atoms with Crippen molar-refractivity contribution in [3.63, 3.8) is 0 Å². The molecule has 1 aliphatic heterocycles. The summed E-state index contributed by atoms with van der Waals surface area (Å²) >= 11 is 0. The van der Waals surface area contributed by atoms with Crippen LogP contribution in [-0.4, -0.2) is 46.3 Å². The monoisotopic (exact) mass is 279 g/mol. The average Bonchev–Trinajstić information content (AvgIpc) is 2.79. The zero-order valence-electron chi connectivity index (χ0n) is 12.3. The van der Waals surface area contributed by atoms with Crippen LogP contribution >= 0.6 is 0 Å². The second-order valence-electron chi connectivity index (χ2n) is 5.11. The standard InChI is InChI=1S/C14H21N3O3/c1-4-20-14(19)11-6-5-7-17(9-11)13(18)12-8-15-16(3)10(12)2/h8,11H,4-7,9H2,1-3H3. The topological polar surface area (TPSA) is 64.4 Å². The number of nitrogens with zero attached hydrogens (tertiary/aromatic N) is 3. The number of likely N-dealkylation sites (tertiary alicyclic amines) is 1. The fraction of sp³-hybridized carbons (Fsp3) is 0.643. The van der Waals surface area contributed by atoms with Crippen molar-refractivity contribution in [2.75, 3.05) is 19.7 Å². The molecule has 1 atom stereocenters. The van der Waals surface area contributed by atoms with E-state index >= 15 is 0 Å². The molecule has 0 bridgehead atoms. The van der Waals surface area contributed by atoms with Crippen LogP contribution in [0.2, 0.25) is 0 Å². The van der Waals surface area contributed by atoms with Crippen molar-refractivity contribution in [1.82, 2.24) is 14.7 Å². The van der Waals surface area contributed by atoms with Crippen LogP contribution < -0.4 is 0 Å². The van der Waals surface area contributed by atoms with Crippen LogP contribution in [0.15, 0.2) is 6.20 Å². The van der Waals surface area contributed by atoms with E-state index in [9.17, 15) is 9.59 Å². The van der Waals surface area contributed by atoms with Gasteiger partial charge in [-0.05, 0) is 26.7 Å². The number of ether oxygens (including phenoxy) is 1. The summed E-state index contributed by atoms with van der Waals surface area (Å²) < 4.78 is 6.73. The minimum Gasteiger partial charge on any atom is -0.466 e. The van der Waals surface area contributed by atoms with Crippen molar-refractivity contribution in [2.45, 2.75) is 26.7 Å². The van der Waals surface area contributed by atoms with E-state index in [2.05, 4.69) is 5.10 Å². The number of rotatable bonds is 3. The highest BCUT2D eigenvalue weighted by Crippen LogP contribution is 2.20. The second-order valence-corrected chi connectivity index (χ2v) is 5.11. The van der Waals surface area contributed by atoms with Gasteiger partial charge in [-0.3, -0.25) is 14.3 Å². The van der Waals surface area contributed by atoms with E-state index in [0.717, 1.165) is 18.5 Å². The van der Waals surface area contributed by atoms with E-state index in [0.29, 0.717) is 25.3 Å². The third kappa shape index (κ3) is 2.84. The molecule has 0 aromatic carbocycles. The highest BCUT2D eigenvalue weighted by Gasteiger charge is 2.30. The van der Waals surface area contributed by atoms with E-state index in [4.69, 9.17) is 4.74 Å². The van der Waals surface area contributed by atoms with E-state index in [1.807, 2.05) is 14.0 Å². The normalized spacial score (nSPS) is 18.9. The number of esters is 1. The van der Waals surface area contributed by atoms with Gasteiger partial charge >= 0.3 is 5.97 Å². The maximum Gasteiger partial charge on any atom is 0.310 e. The summed E-state index contributed by atoms with van der Waals surface area (Å²) in [5.41, 5.74) is 1.45. The summed E-state index contributed by atoms with van der Waals surface area (Å²) in [7, 11) is 1.81. The molecular formula is C14H21N3O3. The van der Waals surface area contributed by atoms with Crippen molar-refractivity contribution >= 4 is 11.9 Å². The lowest BCUT2D eigenvalue weighted by Gasteiger charge is -2.31. The van der Waals surface area contributed by atoms with Gasteiger partial charge in [-0.15, -0.1) is 0 Å².